The second kappa shape index (κ2) is 4.09. The summed E-state index contributed by atoms with van der Waals surface area (Å²) < 4.78 is 0. The molecule has 0 amide bonds. The highest BCUT2D eigenvalue weighted by Gasteiger charge is 2.43. The third-order valence-corrected chi connectivity index (χ3v) is 4.95. The first-order chi connectivity index (χ1) is 8.49. The maximum atomic E-state index is 3.44. The minimum Gasteiger partial charge on any atom is -0.316 e. The Bertz CT molecular complexity index is 420. The molecule has 1 aromatic carbocycles. The Morgan fingerprint density at radius 1 is 1.11 bits per heavy atom. The fourth-order valence-electron chi connectivity index (χ4n) is 3.55. The van der Waals surface area contributed by atoms with Crippen molar-refractivity contribution < 1.29 is 0 Å². The SMILES string of the molecule is CC(C)(C)c1ccc(C2CCC3(CNC3)C2)cc1. The normalized spacial score (nSPS) is 26.3. The summed E-state index contributed by atoms with van der Waals surface area (Å²) in [5.41, 5.74) is 3.94. The van der Waals surface area contributed by atoms with Crippen molar-refractivity contribution in [3.8, 4) is 0 Å². The Balaban J connectivity index is 1.74. The van der Waals surface area contributed by atoms with Gasteiger partial charge in [-0.15, -0.1) is 0 Å². The van der Waals surface area contributed by atoms with Crippen molar-refractivity contribution >= 4 is 0 Å². The lowest BCUT2D eigenvalue weighted by Gasteiger charge is -2.39. The van der Waals surface area contributed by atoms with Crippen LogP contribution >= 0.6 is 0 Å². The lowest BCUT2D eigenvalue weighted by atomic mass is 9.78. The highest BCUT2D eigenvalue weighted by Crippen LogP contribution is 2.48. The van der Waals surface area contributed by atoms with Crippen LogP contribution in [0.3, 0.4) is 0 Å². The van der Waals surface area contributed by atoms with E-state index in [1.807, 2.05) is 0 Å². The summed E-state index contributed by atoms with van der Waals surface area (Å²) in [4.78, 5) is 0. The van der Waals surface area contributed by atoms with E-state index >= 15 is 0 Å². The molecule has 0 radical (unpaired) electrons. The van der Waals surface area contributed by atoms with E-state index in [0.29, 0.717) is 5.41 Å². The van der Waals surface area contributed by atoms with Crippen LogP contribution in [0.25, 0.3) is 0 Å². The van der Waals surface area contributed by atoms with Crippen LogP contribution in [0.1, 0.15) is 57.1 Å². The van der Waals surface area contributed by atoms with Gasteiger partial charge in [0.1, 0.15) is 0 Å². The zero-order valence-electron chi connectivity index (χ0n) is 11.9. The molecule has 1 N–H and O–H groups in total. The van der Waals surface area contributed by atoms with E-state index < -0.39 is 0 Å². The lowest BCUT2D eigenvalue weighted by molar-refractivity contribution is 0.175. The number of hydrogen-bond acceptors (Lipinski definition) is 1. The van der Waals surface area contributed by atoms with Gasteiger partial charge in [-0.3, -0.25) is 0 Å². The van der Waals surface area contributed by atoms with Gasteiger partial charge >= 0.3 is 0 Å². The van der Waals surface area contributed by atoms with Gasteiger partial charge in [-0.1, -0.05) is 45.0 Å². The fourth-order valence-corrected chi connectivity index (χ4v) is 3.55. The van der Waals surface area contributed by atoms with Crippen LogP contribution < -0.4 is 5.32 Å². The molecule has 98 valence electrons. The van der Waals surface area contributed by atoms with Crippen molar-refractivity contribution in [1.29, 1.82) is 0 Å². The van der Waals surface area contributed by atoms with E-state index in [1.165, 1.54) is 37.9 Å². The summed E-state index contributed by atoms with van der Waals surface area (Å²) in [6, 6.07) is 9.41. The average Bonchev–Trinajstić information content (AvgIpc) is 2.73. The molecule has 1 heteroatoms. The van der Waals surface area contributed by atoms with Crippen LogP contribution in [0.4, 0.5) is 0 Å². The number of rotatable bonds is 1. The zero-order valence-corrected chi connectivity index (χ0v) is 11.9. The van der Waals surface area contributed by atoms with Gasteiger partial charge in [0.25, 0.3) is 0 Å². The van der Waals surface area contributed by atoms with E-state index in [2.05, 4.69) is 50.4 Å². The molecule has 0 bridgehead atoms. The first-order valence-electron chi connectivity index (χ1n) is 7.30. The third-order valence-electron chi connectivity index (χ3n) is 4.95. The molecule has 1 unspecified atom stereocenters. The Morgan fingerprint density at radius 3 is 2.22 bits per heavy atom. The molecule has 1 aromatic rings. The minimum atomic E-state index is 0.271. The van der Waals surface area contributed by atoms with E-state index in [0.717, 1.165) is 5.92 Å². The van der Waals surface area contributed by atoms with Gasteiger partial charge < -0.3 is 5.32 Å². The van der Waals surface area contributed by atoms with Gasteiger partial charge in [0, 0.05) is 13.1 Å². The molecule has 1 nitrogen and oxygen atoms in total. The Labute approximate surface area is 111 Å². The van der Waals surface area contributed by atoms with E-state index in [9.17, 15) is 0 Å². The predicted molar refractivity (Wildman–Crippen MR) is 77.0 cm³/mol. The van der Waals surface area contributed by atoms with Crippen molar-refractivity contribution in [2.45, 2.75) is 51.4 Å². The summed E-state index contributed by atoms with van der Waals surface area (Å²) in [6.07, 6.45) is 4.21. The zero-order chi connectivity index (χ0) is 12.8. The first-order valence-corrected chi connectivity index (χ1v) is 7.30. The molecular weight excluding hydrogens is 218 g/mol. The van der Waals surface area contributed by atoms with Crippen LogP contribution in [-0.4, -0.2) is 13.1 Å². The second-order valence-corrected chi connectivity index (χ2v) is 7.42. The van der Waals surface area contributed by atoms with Gasteiger partial charge in [-0.05, 0) is 47.1 Å². The molecule has 1 saturated heterocycles. The monoisotopic (exact) mass is 243 g/mol. The van der Waals surface area contributed by atoms with Gasteiger partial charge in [0.15, 0.2) is 0 Å². The van der Waals surface area contributed by atoms with Gasteiger partial charge in [-0.25, -0.2) is 0 Å². The van der Waals surface area contributed by atoms with Crippen LogP contribution in [0, 0.1) is 5.41 Å². The Hall–Kier alpha value is -0.820. The molecule has 1 saturated carbocycles. The maximum absolute atomic E-state index is 3.44. The number of hydrogen-bond donors (Lipinski definition) is 1. The van der Waals surface area contributed by atoms with Crippen LogP contribution in [-0.2, 0) is 5.41 Å². The van der Waals surface area contributed by atoms with Crippen LogP contribution in [0.15, 0.2) is 24.3 Å². The predicted octanol–water partition coefficient (Wildman–Crippen LogP) is 3.84. The fraction of sp³-hybridized carbons (Fsp3) is 0.647. The molecule has 1 spiro atoms. The summed E-state index contributed by atoms with van der Waals surface area (Å²) >= 11 is 0. The lowest BCUT2D eigenvalue weighted by Crippen LogP contribution is -2.51. The summed E-state index contributed by atoms with van der Waals surface area (Å²) in [5.74, 6) is 0.807. The van der Waals surface area contributed by atoms with E-state index in [-0.39, 0.29) is 5.41 Å². The van der Waals surface area contributed by atoms with Crippen LogP contribution in [0.2, 0.25) is 0 Å². The van der Waals surface area contributed by atoms with E-state index in [1.54, 1.807) is 5.56 Å². The third kappa shape index (κ3) is 2.09. The summed E-state index contributed by atoms with van der Waals surface area (Å²) in [6.45, 7) is 9.36. The number of nitrogens with one attached hydrogen (secondary N) is 1. The summed E-state index contributed by atoms with van der Waals surface area (Å²) in [5, 5.41) is 3.44. The van der Waals surface area contributed by atoms with E-state index in [4.69, 9.17) is 0 Å². The van der Waals surface area contributed by atoms with Crippen molar-refractivity contribution in [3.63, 3.8) is 0 Å². The van der Waals surface area contributed by atoms with Crippen LogP contribution in [0.5, 0.6) is 0 Å². The topological polar surface area (TPSA) is 12.0 Å². The molecule has 2 aliphatic rings. The van der Waals surface area contributed by atoms with Gasteiger partial charge in [-0.2, -0.15) is 0 Å². The first kappa shape index (κ1) is 12.2. The highest BCUT2D eigenvalue weighted by atomic mass is 15.0. The Morgan fingerprint density at radius 2 is 1.78 bits per heavy atom. The largest absolute Gasteiger partial charge is 0.316 e. The number of benzene rings is 1. The molecule has 3 rings (SSSR count). The second-order valence-electron chi connectivity index (χ2n) is 7.42. The molecule has 0 aromatic heterocycles. The minimum absolute atomic E-state index is 0.271. The average molecular weight is 243 g/mol. The highest BCUT2D eigenvalue weighted by molar-refractivity contribution is 5.30. The van der Waals surface area contributed by atoms with Crippen molar-refractivity contribution in [3.05, 3.63) is 35.4 Å². The summed E-state index contributed by atoms with van der Waals surface area (Å²) in [7, 11) is 0. The molecular formula is C17H25N. The molecule has 2 fully saturated rings. The Kier molecular flexibility index (Phi) is 2.78. The maximum Gasteiger partial charge on any atom is 0.00204 e. The van der Waals surface area contributed by atoms with Crippen molar-refractivity contribution in [2.75, 3.05) is 13.1 Å². The molecule has 18 heavy (non-hydrogen) atoms. The standard InChI is InChI=1S/C17H25N/c1-16(2,3)15-6-4-13(5-7-15)14-8-9-17(10-14)11-18-12-17/h4-7,14,18H,8-12H2,1-3H3. The molecule has 1 aliphatic carbocycles. The van der Waals surface area contributed by atoms with Crippen molar-refractivity contribution in [1.82, 2.24) is 5.32 Å². The molecule has 1 atom stereocenters. The quantitative estimate of drug-likeness (QED) is 0.790. The van der Waals surface area contributed by atoms with Gasteiger partial charge in [0.2, 0.25) is 0 Å². The molecule has 1 heterocycles. The van der Waals surface area contributed by atoms with Gasteiger partial charge in [0.05, 0.1) is 0 Å². The molecule has 1 aliphatic heterocycles. The smallest absolute Gasteiger partial charge is 0.00204 e. The van der Waals surface area contributed by atoms with Crippen molar-refractivity contribution in [2.24, 2.45) is 5.41 Å².